The predicted octanol–water partition coefficient (Wildman–Crippen LogP) is 5.88. The van der Waals surface area contributed by atoms with Crippen LogP contribution < -0.4 is 30.7 Å². The number of amides is 3. The van der Waals surface area contributed by atoms with E-state index in [1.807, 2.05) is 44.2 Å². The van der Waals surface area contributed by atoms with Gasteiger partial charge in [0.05, 0.1) is 34.6 Å². The van der Waals surface area contributed by atoms with Gasteiger partial charge >= 0.3 is 0 Å². The number of ether oxygens (including phenoxy) is 2. The third-order valence-electron chi connectivity index (χ3n) is 13.3. The molecular formula is C46H53Cl2N9O7. The van der Waals surface area contributed by atoms with Crippen molar-refractivity contribution in [1.29, 1.82) is 0 Å². The van der Waals surface area contributed by atoms with Crippen molar-refractivity contribution in [3.05, 3.63) is 74.1 Å². The Morgan fingerprint density at radius 1 is 0.938 bits per heavy atom. The Morgan fingerprint density at radius 3 is 2.42 bits per heavy atom. The molecule has 0 spiro atoms. The third kappa shape index (κ3) is 8.76. The number of rotatable bonds is 13. The lowest BCUT2D eigenvalue weighted by atomic mass is 9.87. The summed E-state index contributed by atoms with van der Waals surface area (Å²) in [5.41, 5.74) is 3.36. The lowest BCUT2D eigenvalue weighted by molar-refractivity contribution is -0.137. The van der Waals surface area contributed by atoms with Gasteiger partial charge in [0.2, 0.25) is 17.8 Å². The molecule has 1 atom stereocenters. The number of hydrogen-bond acceptors (Lipinski definition) is 13. The number of pyridine rings is 1. The van der Waals surface area contributed by atoms with Gasteiger partial charge in [0.25, 0.3) is 11.5 Å². The first kappa shape index (κ1) is 43.9. The van der Waals surface area contributed by atoms with E-state index in [2.05, 4.69) is 30.3 Å². The average Bonchev–Trinajstić information content (AvgIpc) is 3.61. The van der Waals surface area contributed by atoms with E-state index in [0.717, 1.165) is 92.8 Å². The molecular weight excluding hydrogens is 861 g/mol. The molecule has 1 unspecified atom stereocenters. The van der Waals surface area contributed by atoms with E-state index in [9.17, 15) is 24.0 Å². The first-order valence-electron chi connectivity index (χ1n) is 22.3. The van der Waals surface area contributed by atoms with E-state index in [1.165, 1.54) is 4.90 Å². The van der Waals surface area contributed by atoms with E-state index >= 15 is 0 Å². The molecule has 1 saturated carbocycles. The van der Waals surface area contributed by atoms with Crippen LogP contribution in [0.2, 0.25) is 10.0 Å². The number of nitrogens with one attached hydrogen (secondary N) is 2. The van der Waals surface area contributed by atoms with Gasteiger partial charge in [-0.25, -0.2) is 4.98 Å². The maximum atomic E-state index is 13.3. The topological polar surface area (TPSA) is 172 Å². The second-order valence-electron chi connectivity index (χ2n) is 17.6. The van der Waals surface area contributed by atoms with Crippen LogP contribution in [0.25, 0.3) is 10.9 Å². The highest BCUT2D eigenvalue weighted by atomic mass is 35.5. The van der Waals surface area contributed by atoms with Gasteiger partial charge in [0, 0.05) is 92.9 Å². The maximum Gasteiger partial charge on any atom is 0.293 e. The molecule has 4 fully saturated rings. The molecule has 4 aromatic rings. The number of fused-ring (bicyclic) bond motifs is 2. The molecule has 1 aliphatic carbocycles. The zero-order valence-corrected chi connectivity index (χ0v) is 37.8. The van der Waals surface area contributed by atoms with E-state index in [0.29, 0.717) is 46.3 Å². The average molecular weight is 915 g/mol. The first-order chi connectivity index (χ1) is 30.8. The molecule has 0 radical (unpaired) electrons. The Morgan fingerprint density at radius 2 is 1.70 bits per heavy atom. The van der Waals surface area contributed by atoms with Crippen molar-refractivity contribution in [3.63, 3.8) is 0 Å². The minimum atomic E-state index is -0.673. The second kappa shape index (κ2) is 18.3. The number of benzene rings is 2. The quantitative estimate of drug-likeness (QED) is 0.153. The first-order valence-corrected chi connectivity index (χ1v) is 23.1. The highest BCUT2D eigenvalue weighted by Crippen LogP contribution is 2.40. The Bertz CT molecular complexity index is 2550. The summed E-state index contributed by atoms with van der Waals surface area (Å²) in [5, 5.41) is 7.40. The highest BCUT2D eigenvalue weighted by molar-refractivity contribution is 6.35. The molecule has 5 aliphatic rings. The SMILES string of the molecule is CCC(=O)COc1cc2cc(Nc3nc(N4CCC(OC5CC(N6CCN(c7ccc8c(c7Cl)CN(C7CCC(=O)NC7=O)C8=O)CC6)C5)CC4)ncc3Cl)ccc2n(C(C)C)c1=O. The maximum absolute atomic E-state index is 13.3. The molecule has 16 nitrogen and oxygen atoms in total. The molecule has 4 aliphatic heterocycles. The molecule has 338 valence electrons. The Labute approximate surface area is 381 Å². The Hall–Kier alpha value is -5.29. The normalized spacial score (nSPS) is 21.9. The minimum absolute atomic E-state index is 0.0844. The standard InChI is InChI=1S/C46H53Cl2N9O7/c1-4-30(58)25-63-39-20-27-19-28(5-7-36(27)57(26(2)3)45(39)62)50-42-35(47)23-49-46(52-42)55-13-11-31(12-14-55)64-32-21-29(22-32)53-15-17-54(18-16-53)37-8-6-33-34(41(37)48)24-56(44(33)61)38-9-10-40(59)51-43(38)60/h5-8,19-20,23,26,29,31-32,38H,4,9-18,21-22,24-25H2,1-3H3,(H,49,50,52)(H,51,59,60). The van der Waals surface area contributed by atoms with Gasteiger partial charge in [-0.05, 0) is 82.3 Å². The molecule has 0 bridgehead atoms. The molecule has 2 aromatic carbocycles. The molecule has 9 rings (SSSR count). The number of carbonyl (C=O) groups is 4. The number of halogens is 2. The number of nitrogens with zero attached hydrogens (tertiary/aromatic N) is 7. The number of ketones is 1. The number of aromatic nitrogens is 3. The largest absolute Gasteiger partial charge is 0.480 e. The molecule has 64 heavy (non-hydrogen) atoms. The summed E-state index contributed by atoms with van der Waals surface area (Å²) in [4.78, 5) is 80.6. The van der Waals surface area contributed by atoms with Crippen molar-refractivity contribution in [2.45, 2.75) is 103 Å². The molecule has 3 amide bonds. The van der Waals surface area contributed by atoms with Crippen molar-refractivity contribution < 1.29 is 28.7 Å². The second-order valence-corrected chi connectivity index (χ2v) is 18.4. The van der Waals surface area contributed by atoms with E-state index in [1.54, 1.807) is 23.8 Å². The summed E-state index contributed by atoms with van der Waals surface area (Å²) < 4.78 is 14.0. The predicted molar refractivity (Wildman–Crippen MR) is 244 cm³/mol. The molecule has 2 N–H and O–H groups in total. The number of piperazine rings is 1. The van der Waals surface area contributed by atoms with Crippen LogP contribution in [0.4, 0.5) is 23.1 Å². The highest BCUT2D eigenvalue weighted by Gasteiger charge is 2.41. The van der Waals surface area contributed by atoms with Gasteiger partial charge in [-0.3, -0.25) is 34.2 Å². The van der Waals surface area contributed by atoms with Crippen LogP contribution in [-0.4, -0.2) is 118 Å². The van der Waals surface area contributed by atoms with E-state index in [-0.39, 0.29) is 66.7 Å². The molecule has 18 heteroatoms. The van der Waals surface area contributed by atoms with Crippen LogP contribution in [0.15, 0.2) is 47.4 Å². The zero-order chi connectivity index (χ0) is 44.8. The van der Waals surface area contributed by atoms with Crippen LogP contribution in [0, 0.1) is 0 Å². The summed E-state index contributed by atoms with van der Waals surface area (Å²) >= 11 is 13.6. The fourth-order valence-corrected chi connectivity index (χ4v) is 10.1. The fourth-order valence-electron chi connectivity index (χ4n) is 9.58. The van der Waals surface area contributed by atoms with Gasteiger partial charge in [-0.15, -0.1) is 0 Å². The summed E-state index contributed by atoms with van der Waals surface area (Å²) in [5.74, 6) is 0.140. The Balaban J connectivity index is 0.746. The van der Waals surface area contributed by atoms with Crippen molar-refractivity contribution in [1.82, 2.24) is 29.7 Å². The van der Waals surface area contributed by atoms with Crippen LogP contribution in [0.1, 0.15) is 87.7 Å². The number of imide groups is 1. The van der Waals surface area contributed by atoms with E-state index < -0.39 is 11.9 Å². The van der Waals surface area contributed by atoms with Gasteiger partial charge in [-0.1, -0.05) is 30.1 Å². The van der Waals surface area contributed by atoms with Crippen LogP contribution in [0.3, 0.4) is 0 Å². The van der Waals surface area contributed by atoms with Crippen molar-refractivity contribution in [2.24, 2.45) is 0 Å². The molecule has 3 saturated heterocycles. The monoisotopic (exact) mass is 913 g/mol. The van der Waals surface area contributed by atoms with Crippen LogP contribution >= 0.6 is 23.2 Å². The van der Waals surface area contributed by atoms with Crippen molar-refractivity contribution in [3.8, 4) is 5.75 Å². The van der Waals surface area contributed by atoms with Gasteiger partial charge < -0.3 is 34.1 Å². The Kier molecular flexibility index (Phi) is 12.6. The number of carbonyl (C=O) groups excluding carboxylic acids is 4. The van der Waals surface area contributed by atoms with Crippen molar-refractivity contribution in [2.75, 3.05) is 61.0 Å². The van der Waals surface area contributed by atoms with Crippen molar-refractivity contribution >= 4 is 80.8 Å². The smallest absolute Gasteiger partial charge is 0.293 e. The lowest BCUT2D eigenvalue weighted by Crippen LogP contribution is -2.56. The van der Waals surface area contributed by atoms with E-state index in [4.69, 9.17) is 37.7 Å². The van der Waals surface area contributed by atoms with Gasteiger partial charge in [-0.2, -0.15) is 4.98 Å². The van der Waals surface area contributed by atoms with Gasteiger partial charge in [0.1, 0.15) is 17.7 Å². The molecule has 6 heterocycles. The lowest BCUT2D eigenvalue weighted by Gasteiger charge is -2.47. The number of piperidine rings is 2. The fraction of sp³-hybridized carbons (Fsp3) is 0.500. The summed E-state index contributed by atoms with van der Waals surface area (Å²) in [6.45, 7) is 10.7. The third-order valence-corrected chi connectivity index (χ3v) is 14.0. The van der Waals surface area contributed by atoms with Gasteiger partial charge in [0.15, 0.2) is 17.4 Å². The summed E-state index contributed by atoms with van der Waals surface area (Å²) in [7, 11) is 0. The minimum Gasteiger partial charge on any atom is -0.480 e. The zero-order valence-electron chi connectivity index (χ0n) is 36.3. The van der Waals surface area contributed by atoms with Crippen LogP contribution in [0.5, 0.6) is 5.75 Å². The molecule has 2 aromatic heterocycles. The summed E-state index contributed by atoms with van der Waals surface area (Å²) in [6, 6.07) is 10.8. The number of anilines is 4. The van der Waals surface area contributed by atoms with Crippen LogP contribution in [-0.2, 0) is 25.7 Å². The number of hydrogen-bond donors (Lipinski definition) is 2. The summed E-state index contributed by atoms with van der Waals surface area (Å²) in [6.07, 6.45) is 6.60. The number of Topliss-reactive ketones (excluding diaryl/α,β-unsaturated/α-hetero) is 1.